The molecule has 0 saturated heterocycles. The second-order valence-corrected chi connectivity index (χ2v) is 5.76. The third-order valence-electron chi connectivity index (χ3n) is 4.94. The van der Waals surface area contributed by atoms with E-state index >= 15 is 0 Å². The number of hydrogen-bond donors (Lipinski definition) is 3. The number of rotatable bonds is 3. The summed E-state index contributed by atoms with van der Waals surface area (Å²) in [5.74, 6) is 0.357. The largest absolute Gasteiger partial charge is 0.396 e. The normalized spacial score (nSPS) is 31.8. The number of hydrogen-bond acceptors (Lipinski definition) is 5. The molecule has 2 aliphatic rings. The monoisotopic (exact) mass is 265 g/mol. The summed E-state index contributed by atoms with van der Waals surface area (Å²) in [5, 5.41) is 19.1. The van der Waals surface area contributed by atoms with Crippen LogP contribution in [0.3, 0.4) is 0 Å². The number of nitrogen functional groups attached to an aromatic ring is 1. The second-order valence-electron chi connectivity index (χ2n) is 5.76. The molecule has 1 aromatic rings. The Labute approximate surface area is 110 Å². The molecule has 1 aromatic heterocycles. The van der Waals surface area contributed by atoms with Crippen LogP contribution in [0.2, 0.25) is 0 Å². The zero-order valence-corrected chi connectivity index (χ0v) is 10.7. The molecule has 2 aliphatic carbocycles. The topological polar surface area (TPSA) is 101 Å². The quantitative estimate of drug-likeness (QED) is 0.700. The van der Waals surface area contributed by atoms with Gasteiger partial charge in [-0.25, -0.2) is 4.79 Å². The highest BCUT2D eigenvalue weighted by atomic mass is 16.3. The molecule has 0 bridgehead atoms. The van der Waals surface area contributed by atoms with E-state index in [2.05, 4.69) is 4.98 Å². The summed E-state index contributed by atoms with van der Waals surface area (Å²) in [7, 11) is 0. The van der Waals surface area contributed by atoms with E-state index in [9.17, 15) is 15.0 Å². The highest BCUT2D eigenvalue weighted by Gasteiger charge is 2.62. The first-order chi connectivity index (χ1) is 9.12. The van der Waals surface area contributed by atoms with E-state index in [0.717, 1.165) is 12.8 Å². The molecule has 0 unspecified atom stereocenters. The van der Waals surface area contributed by atoms with Crippen molar-refractivity contribution in [1.82, 2.24) is 9.55 Å². The standard InChI is InChI=1S/C13H19N3O3/c14-11-1-4-16(12(19)15-11)10-5-8(6-17)9(7-18)13(10)2-3-13/h1,4,8-10,17-18H,2-3,5-7H2,(H2,14,15,19)/t8-,9-,10-/m1/s1. The van der Waals surface area contributed by atoms with Crippen LogP contribution in [0.25, 0.3) is 0 Å². The van der Waals surface area contributed by atoms with E-state index < -0.39 is 0 Å². The van der Waals surface area contributed by atoms with Crippen LogP contribution in [0.1, 0.15) is 25.3 Å². The molecule has 1 spiro atoms. The predicted octanol–water partition coefficient (Wildman–Crippen LogP) is -0.233. The summed E-state index contributed by atoms with van der Waals surface area (Å²) in [4.78, 5) is 15.8. The lowest BCUT2D eigenvalue weighted by atomic mass is 9.87. The molecular formula is C13H19N3O3. The van der Waals surface area contributed by atoms with Gasteiger partial charge in [0.05, 0.1) is 0 Å². The maximum atomic E-state index is 12.0. The van der Waals surface area contributed by atoms with Crippen molar-refractivity contribution in [3.05, 3.63) is 22.7 Å². The molecule has 0 amide bonds. The van der Waals surface area contributed by atoms with Gasteiger partial charge in [-0.15, -0.1) is 0 Å². The van der Waals surface area contributed by atoms with Crippen molar-refractivity contribution in [3.63, 3.8) is 0 Å². The van der Waals surface area contributed by atoms with Crippen LogP contribution >= 0.6 is 0 Å². The lowest BCUT2D eigenvalue weighted by molar-refractivity contribution is 0.106. The number of aliphatic hydroxyl groups excluding tert-OH is 2. The minimum absolute atomic E-state index is 0.0161. The zero-order chi connectivity index (χ0) is 13.6. The Kier molecular flexibility index (Phi) is 2.87. The maximum absolute atomic E-state index is 12.0. The minimum atomic E-state index is -0.341. The summed E-state index contributed by atoms with van der Waals surface area (Å²) < 4.78 is 1.63. The van der Waals surface area contributed by atoms with Crippen LogP contribution < -0.4 is 11.4 Å². The molecule has 0 radical (unpaired) electrons. The van der Waals surface area contributed by atoms with Crippen LogP contribution in [0, 0.1) is 17.3 Å². The Balaban J connectivity index is 1.99. The average molecular weight is 265 g/mol. The summed E-state index contributed by atoms with van der Waals surface area (Å²) in [6.07, 6.45) is 4.39. The van der Waals surface area contributed by atoms with Crippen molar-refractivity contribution in [2.45, 2.75) is 25.3 Å². The van der Waals surface area contributed by atoms with Gasteiger partial charge >= 0.3 is 5.69 Å². The van der Waals surface area contributed by atoms with E-state index in [0.29, 0.717) is 6.42 Å². The minimum Gasteiger partial charge on any atom is -0.396 e. The summed E-state index contributed by atoms with van der Waals surface area (Å²) in [5.41, 5.74) is 5.13. The molecule has 2 saturated carbocycles. The zero-order valence-electron chi connectivity index (χ0n) is 10.7. The van der Waals surface area contributed by atoms with Crippen LogP contribution in [0.4, 0.5) is 5.82 Å². The molecule has 19 heavy (non-hydrogen) atoms. The highest BCUT2D eigenvalue weighted by Crippen LogP contribution is 2.67. The molecular weight excluding hydrogens is 246 g/mol. The molecule has 1 heterocycles. The van der Waals surface area contributed by atoms with Gasteiger partial charge in [-0.05, 0) is 42.6 Å². The van der Waals surface area contributed by atoms with Gasteiger partial charge < -0.3 is 15.9 Å². The lowest BCUT2D eigenvalue weighted by Crippen LogP contribution is -2.32. The van der Waals surface area contributed by atoms with Crippen molar-refractivity contribution >= 4 is 5.82 Å². The fraction of sp³-hybridized carbons (Fsp3) is 0.692. The second kappa shape index (κ2) is 4.31. The van der Waals surface area contributed by atoms with Crippen LogP contribution in [0.15, 0.2) is 17.1 Å². The number of nitrogens with zero attached hydrogens (tertiary/aromatic N) is 2. The van der Waals surface area contributed by atoms with Crippen molar-refractivity contribution in [1.29, 1.82) is 0 Å². The SMILES string of the molecule is Nc1ccn([C@@H]2C[C@H](CO)[C@@H](CO)C23CC3)c(=O)n1. The third-order valence-corrected chi connectivity index (χ3v) is 4.94. The molecule has 3 atom stereocenters. The van der Waals surface area contributed by atoms with Gasteiger partial charge in [-0.2, -0.15) is 4.98 Å². The third kappa shape index (κ3) is 1.78. The molecule has 0 aliphatic heterocycles. The first-order valence-corrected chi connectivity index (χ1v) is 6.69. The Morgan fingerprint density at radius 2 is 2.16 bits per heavy atom. The van der Waals surface area contributed by atoms with Crippen molar-refractivity contribution in [2.24, 2.45) is 17.3 Å². The van der Waals surface area contributed by atoms with Gasteiger partial charge in [0.15, 0.2) is 0 Å². The molecule has 4 N–H and O–H groups in total. The number of nitrogens with two attached hydrogens (primary N) is 1. The first-order valence-electron chi connectivity index (χ1n) is 6.69. The number of aromatic nitrogens is 2. The van der Waals surface area contributed by atoms with Gasteiger partial charge in [0.1, 0.15) is 5.82 Å². The lowest BCUT2D eigenvalue weighted by Gasteiger charge is -2.25. The van der Waals surface area contributed by atoms with E-state index in [-0.39, 0.29) is 48.0 Å². The van der Waals surface area contributed by atoms with Crippen molar-refractivity contribution in [2.75, 3.05) is 18.9 Å². The van der Waals surface area contributed by atoms with Crippen LogP contribution in [-0.2, 0) is 0 Å². The van der Waals surface area contributed by atoms with Gasteiger partial charge in [0.2, 0.25) is 0 Å². The Bertz CT molecular complexity index is 538. The van der Waals surface area contributed by atoms with E-state index in [1.165, 1.54) is 0 Å². The molecule has 6 nitrogen and oxygen atoms in total. The van der Waals surface area contributed by atoms with Gasteiger partial charge in [-0.1, -0.05) is 0 Å². The molecule has 2 fully saturated rings. The summed E-state index contributed by atoms with van der Waals surface area (Å²) >= 11 is 0. The molecule has 3 rings (SSSR count). The van der Waals surface area contributed by atoms with Crippen LogP contribution in [-0.4, -0.2) is 33.0 Å². The highest BCUT2D eigenvalue weighted by molar-refractivity contribution is 5.24. The fourth-order valence-electron chi connectivity index (χ4n) is 3.84. The van der Waals surface area contributed by atoms with E-state index in [1.807, 2.05) is 0 Å². The Morgan fingerprint density at radius 3 is 2.68 bits per heavy atom. The smallest absolute Gasteiger partial charge is 0.349 e. The molecule has 104 valence electrons. The maximum Gasteiger partial charge on any atom is 0.349 e. The number of aliphatic hydroxyl groups is 2. The fourth-order valence-corrected chi connectivity index (χ4v) is 3.84. The van der Waals surface area contributed by atoms with E-state index in [4.69, 9.17) is 5.73 Å². The Morgan fingerprint density at radius 1 is 1.42 bits per heavy atom. The van der Waals surface area contributed by atoms with Crippen molar-refractivity contribution < 1.29 is 10.2 Å². The van der Waals surface area contributed by atoms with Gasteiger partial charge in [0.25, 0.3) is 0 Å². The van der Waals surface area contributed by atoms with Gasteiger partial charge in [-0.3, -0.25) is 4.57 Å². The molecule has 6 heteroatoms. The van der Waals surface area contributed by atoms with E-state index in [1.54, 1.807) is 16.8 Å². The predicted molar refractivity (Wildman–Crippen MR) is 69.4 cm³/mol. The van der Waals surface area contributed by atoms with Crippen molar-refractivity contribution in [3.8, 4) is 0 Å². The first kappa shape index (κ1) is 12.6. The average Bonchev–Trinajstić information content (AvgIpc) is 3.09. The summed E-state index contributed by atoms with van der Waals surface area (Å²) in [6.45, 7) is 0.125. The summed E-state index contributed by atoms with van der Waals surface area (Å²) in [6, 6.07) is 1.64. The number of anilines is 1. The van der Waals surface area contributed by atoms with Crippen LogP contribution in [0.5, 0.6) is 0 Å². The Hall–Kier alpha value is -1.40. The van der Waals surface area contributed by atoms with Gasteiger partial charge in [0, 0.05) is 25.5 Å². The molecule has 0 aromatic carbocycles.